The number of aryl methyl sites for hydroxylation is 2. The Labute approximate surface area is 112 Å². The Hall–Kier alpha value is -2.53. The van der Waals surface area contributed by atoms with Crippen molar-refractivity contribution in [2.45, 2.75) is 12.8 Å². The van der Waals surface area contributed by atoms with Crippen LogP contribution in [0, 0.1) is 11.3 Å². The molecule has 3 rings (SSSR count). The van der Waals surface area contributed by atoms with Gasteiger partial charge in [-0.25, -0.2) is 0 Å². The molecule has 1 heterocycles. The molecule has 0 radical (unpaired) electrons. The van der Waals surface area contributed by atoms with Crippen LogP contribution in [0.1, 0.15) is 16.7 Å². The van der Waals surface area contributed by atoms with Crippen LogP contribution in [0.3, 0.4) is 0 Å². The Morgan fingerprint density at radius 3 is 2.63 bits per heavy atom. The summed E-state index contributed by atoms with van der Waals surface area (Å²) in [6, 6.07) is 18.4. The number of rotatable bonds is 3. The lowest BCUT2D eigenvalue weighted by Gasteiger charge is -2.01. The number of fused-ring (bicyclic) bond motifs is 1. The van der Waals surface area contributed by atoms with Crippen LogP contribution < -0.4 is 0 Å². The number of nitrogens with one attached hydrogen (secondary N) is 1. The van der Waals surface area contributed by atoms with Gasteiger partial charge in [-0.1, -0.05) is 30.3 Å². The third-order valence-electron chi connectivity index (χ3n) is 3.42. The van der Waals surface area contributed by atoms with Gasteiger partial charge in [0.25, 0.3) is 0 Å². The molecule has 1 N–H and O–H groups in total. The van der Waals surface area contributed by atoms with Gasteiger partial charge in [0.05, 0.1) is 11.6 Å². The number of aromatic nitrogens is 1. The Morgan fingerprint density at radius 2 is 1.84 bits per heavy atom. The van der Waals surface area contributed by atoms with Crippen molar-refractivity contribution in [1.29, 1.82) is 5.26 Å². The van der Waals surface area contributed by atoms with E-state index >= 15 is 0 Å². The molecule has 0 amide bonds. The van der Waals surface area contributed by atoms with E-state index in [2.05, 4.69) is 41.5 Å². The van der Waals surface area contributed by atoms with Crippen LogP contribution in [0.5, 0.6) is 0 Å². The average molecular weight is 246 g/mol. The van der Waals surface area contributed by atoms with E-state index < -0.39 is 0 Å². The maximum atomic E-state index is 8.97. The molecule has 0 aliphatic rings. The van der Waals surface area contributed by atoms with Crippen molar-refractivity contribution in [2.75, 3.05) is 0 Å². The molecule has 0 aliphatic heterocycles. The van der Waals surface area contributed by atoms with Crippen molar-refractivity contribution in [3.63, 3.8) is 0 Å². The highest BCUT2D eigenvalue weighted by atomic mass is 14.7. The molecule has 0 fully saturated rings. The largest absolute Gasteiger partial charge is 0.361 e. The van der Waals surface area contributed by atoms with Gasteiger partial charge in [-0.15, -0.1) is 0 Å². The van der Waals surface area contributed by atoms with Gasteiger partial charge in [-0.3, -0.25) is 0 Å². The first-order chi connectivity index (χ1) is 9.36. The maximum absolute atomic E-state index is 8.97. The minimum absolute atomic E-state index is 0.716. The molecule has 19 heavy (non-hydrogen) atoms. The van der Waals surface area contributed by atoms with Crippen LogP contribution in [0.15, 0.2) is 54.7 Å². The molecule has 0 saturated heterocycles. The molecule has 2 aromatic carbocycles. The number of hydrogen-bond acceptors (Lipinski definition) is 1. The number of hydrogen-bond donors (Lipinski definition) is 1. The van der Waals surface area contributed by atoms with Crippen molar-refractivity contribution in [2.24, 2.45) is 0 Å². The summed E-state index contributed by atoms with van der Waals surface area (Å²) in [5, 5.41) is 10.1. The number of aromatic amines is 1. The SMILES string of the molecule is N#Cc1ccc2[nH]cc(CCc3ccccc3)c2c1. The monoisotopic (exact) mass is 246 g/mol. The highest BCUT2D eigenvalue weighted by molar-refractivity contribution is 5.84. The Bertz CT molecular complexity index is 733. The first-order valence-corrected chi connectivity index (χ1v) is 6.41. The van der Waals surface area contributed by atoms with Crippen molar-refractivity contribution in [3.8, 4) is 6.07 Å². The van der Waals surface area contributed by atoms with Crippen molar-refractivity contribution in [3.05, 3.63) is 71.4 Å². The van der Waals surface area contributed by atoms with Gasteiger partial charge in [0.1, 0.15) is 0 Å². The molecule has 0 spiro atoms. The molecule has 2 nitrogen and oxygen atoms in total. The predicted molar refractivity (Wildman–Crippen MR) is 76.9 cm³/mol. The van der Waals surface area contributed by atoms with Crippen molar-refractivity contribution < 1.29 is 0 Å². The zero-order valence-electron chi connectivity index (χ0n) is 10.6. The summed E-state index contributed by atoms with van der Waals surface area (Å²) in [5.74, 6) is 0. The molecular weight excluding hydrogens is 232 g/mol. The highest BCUT2D eigenvalue weighted by Crippen LogP contribution is 2.21. The van der Waals surface area contributed by atoms with Crippen LogP contribution in [0.4, 0.5) is 0 Å². The number of nitriles is 1. The van der Waals surface area contributed by atoms with E-state index in [0.29, 0.717) is 5.56 Å². The average Bonchev–Trinajstić information content (AvgIpc) is 2.88. The topological polar surface area (TPSA) is 39.6 Å². The van der Waals surface area contributed by atoms with Gasteiger partial charge < -0.3 is 4.98 Å². The standard InChI is InChI=1S/C17H14N2/c18-11-14-7-9-17-16(10-14)15(12-19-17)8-6-13-4-2-1-3-5-13/h1-5,7,9-10,12,19H,6,8H2. The summed E-state index contributed by atoms with van der Waals surface area (Å²) < 4.78 is 0. The summed E-state index contributed by atoms with van der Waals surface area (Å²) in [4.78, 5) is 3.27. The second kappa shape index (κ2) is 4.99. The summed E-state index contributed by atoms with van der Waals surface area (Å²) in [5.41, 5.74) is 4.43. The molecule has 0 atom stereocenters. The molecule has 0 bridgehead atoms. The van der Waals surface area contributed by atoms with Gasteiger partial charge in [0.2, 0.25) is 0 Å². The molecule has 92 valence electrons. The lowest BCUT2D eigenvalue weighted by atomic mass is 10.0. The van der Waals surface area contributed by atoms with Gasteiger partial charge >= 0.3 is 0 Å². The molecule has 3 aromatic rings. The maximum Gasteiger partial charge on any atom is 0.0991 e. The lowest BCUT2D eigenvalue weighted by molar-refractivity contribution is 0.968. The minimum Gasteiger partial charge on any atom is -0.361 e. The second-order valence-electron chi connectivity index (χ2n) is 4.67. The zero-order chi connectivity index (χ0) is 13.1. The normalized spacial score (nSPS) is 10.5. The van der Waals surface area contributed by atoms with E-state index in [0.717, 1.165) is 23.7 Å². The van der Waals surface area contributed by atoms with E-state index in [1.807, 2.05) is 24.3 Å². The molecule has 1 aromatic heterocycles. The minimum atomic E-state index is 0.716. The van der Waals surface area contributed by atoms with Crippen LogP contribution in [0.2, 0.25) is 0 Å². The first kappa shape index (κ1) is 11.6. The fraction of sp³-hybridized carbons (Fsp3) is 0.118. The quantitative estimate of drug-likeness (QED) is 0.749. The lowest BCUT2D eigenvalue weighted by Crippen LogP contribution is -1.89. The number of H-pyrrole nitrogens is 1. The predicted octanol–water partition coefficient (Wildman–Crippen LogP) is 3.82. The van der Waals surface area contributed by atoms with Crippen molar-refractivity contribution in [1.82, 2.24) is 4.98 Å². The van der Waals surface area contributed by atoms with Crippen LogP contribution in [-0.2, 0) is 12.8 Å². The van der Waals surface area contributed by atoms with Crippen LogP contribution >= 0.6 is 0 Å². The number of nitrogens with zero attached hydrogens (tertiary/aromatic N) is 1. The van der Waals surface area contributed by atoms with E-state index in [9.17, 15) is 0 Å². The van der Waals surface area contributed by atoms with Crippen molar-refractivity contribution >= 4 is 10.9 Å². The Morgan fingerprint density at radius 1 is 1.00 bits per heavy atom. The first-order valence-electron chi connectivity index (χ1n) is 6.41. The van der Waals surface area contributed by atoms with Gasteiger partial charge in [-0.05, 0) is 42.2 Å². The third kappa shape index (κ3) is 2.36. The zero-order valence-corrected chi connectivity index (χ0v) is 10.6. The summed E-state index contributed by atoms with van der Waals surface area (Å²) in [6.45, 7) is 0. The Kier molecular flexibility index (Phi) is 3.04. The van der Waals surface area contributed by atoms with E-state index in [1.54, 1.807) is 0 Å². The molecule has 0 unspecified atom stereocenters. The number of benzene rings is 2. The van der Waals surface area contributed by atoms with Gasteiger partial charge in [0.15, 0.2) is 0 Å². The van der Waals surface area contributed by atoms with Gasteiger partial charge in [0, 0.05) is 17.1 Å². The van der Waals surface area contributed by atoms with E-state index in [4.69, 9.17) is 5.26 Å². The van der Waals surface area contributed by atoms with Gasteiger partial charge in [-0.2, -0.15) is 5.26 Å². The molecule has 0 aliphatic carbocycles. The van der Waals surface area contributed by atoms with E-state index in [-0.39, 0.29) is 0 Å². The molecule has 2 heteroatoms. The van der Waals surface area contributed by atoms with E-state index in [1.165, 1.54) is 11.1 Å². The smallest absolute Gasteiger partial charge is 0.0991 e. The van der Waals surface area contributed by atoms with Crippen LogP contribution in [0.25, 0.3) is 10.9 Å². The fourth-order valence-electron chi connectivity index (χ4n) is 2.38. The third-order valence-corrected chi connectivity index (χ3v) is 3.42. The highest BCUT2D eigenvalue weighted by Gasteiger charge is 2.05. The van der Waals surface area contributed by atoms with Crippen LogP contribution in [-0.4, -0.2) is 4.98 Å². The summed E-state index contributed by atoms with van der Waals surface area (Å²) in [6.07, 6.45) is 4.05. The summed E-state index contributed by atoms with van der Waals surface area (Å²) >= 11 is 0. The molecular formula is C17H14N2. The summed E-state index contributed by atoms with van der Waals surface area (Å²) in [7, 11) is 0. The Balaban J connectivity index is 1.87. The second-order valence-corrected chi connectivity index (χ2v) is 4.67. The molecule has 0 saturated carbocycles. The fourth-order valence-corrected chi connectivity index (χ4v) is 2.38.